The van der Waals surface area contributed by atoms with E-state index < -0.39 is 0 Å². The van der Waals surface area contributed by atoms with Gasteiger partial charge in [-0.25, -0.2) is 0 Å². The van der Waals surface area contributed by atoms with E-state index in [9.17, 15) is 4.79 Å². The van der Waals surface area contributed by atoms with Gasteiger partial charge in [-0.3, -0.25) is 4.79 Å². The van der Waals surface area contributed by atoms with Crippen LogP contribution in [0.5, 0.6) is 0 Å². The van der Waals surface area contributed by atoms with Crippen molar-refractivity contribution in [2.24, 2.45) is 5.92 Å². The summed E-state index contributed by atoms with van der Waals surface area (Å²) in [5.41, 5.74) is 7.01. The van der Waals surface area contributed by atoms with Gasteiger partial charge >= 0.3 is 0 Å². The number of Topliss-reactive ketones (excluding diaryl/α,β-unsaturated/α-hetero) is 1. The quantitative estimate of drug-likeness (QED) is 0.553. The number of rotatable bonds is 3. The smallest absolute Gasteiger partial charge is 0.163 e. The SMILES string of the molecule is Nc1ccc(C(=O)CC2CNC2)cc1. The molecule has 3 heteroatoms. The van der Waals surface area contributed by atoms with E-state index >= 15 is 0 Å². The van der Waals surface area contributed by atoms with Crippen molar-refractivity contribution in [2.75, 3.05) is 18.8 Å². The molecule has 3 nitrogen and oxygen atoms in total. The molecule has 0 bridgehead atoms. The molecule has 74 valence electrons. The molecule has 0 saturated carbocycles. The molecular weight excluding hydrogens is 176 g/mol. The second kappa shape index (κ2) is 3.80. The lowest BCUT2D eigenvalue weighted by Gasteiger charge is -2.26. The maximum Gasteiger partial charge on any atom is 0.163 e. The Balaban J connectivity index is 1.99. The molecular formula is C11H14N2O. The van der Waals surface area contributed by atoms with Gasteiger partial charge in [0.15, 0.2) is 5.78 Å². The Hall–Kier alpha value is -1.35. The molecule has 1 saturated heterocycles. The summed E-state index contributed by atoms with van der Waals surface area (Å²) >= 11 is 0. The standard InChI is InChI=1S/C11H14N2O/c12-10-3-1-9(2-4-10)11(14)5-8-6-13-7-8/h1-4,8,13H,5-7,12H2. The van der Waals surface area contributed by atoms with Gasteiger partial charge in [-0.15, -0.1) is 0 Å². The predicted molar refractivity (Wildman–Crippen MR) is 56.2 cm³/mol. The van der Waals surface area contributed by atoms with E-state index in [-0.39, 0.29) is 5.78 Å². The maximum atomic E-state index is 11.7. The number of carbonyl (C=O) groups excluding carboxylic acids is 1. The molecule has 0 amide bonds. The Morgan fingerprint density at radius 3 is 2.50 bits per heavy atom. The van der Waals surface area contributed by atoms with Gasteiger partial charge in [-0.1, -0.05) is 0 Å². The average molecular weight is 190 g/mol. The van der Waals surface area contributed by atoms with Gasteiger partial charge in [0, 0.05) is 17.7 Å². The molecule has 1 aromatic rings. The van der Waals surface area contributed by atoms with Crippen molar-refractivity contribution in [3.05, 3.63) is 29.8 Å². The zero-order chi connectivity index (χ0) is 9.97. The normalized spacial score (nSPS) is 16.3. The molecule has 14 heavy (non-hydrogen) atoms. The first-order chi connectivity index (χ1) is 6.75. The molecule has 1 fully saturated rings. The van der Waals surface area contributed by atoms with E-state index in [2.05, 4.69) is 5.32 Å². The maximum absolute atomic E-state index is 11.7. The fourth-order valence-corrected chi connectivity index (χ4v) is 1.54. The number of nitrogen functional groups attached to an aromatic ring is 1. The zero-order valence-electron chi connectivity index (χ0n) is 7.99. The minimum atomic E-state index is 0.219. The van der Waals surface area contributed by atoms with E-state index in [0.29, 0.717) is 18.0 Å². The van der Waals surface area contributed by atoms with Crippen LogP contribution in [0.4, 0.5) is 5.69 Å². The third-order valence-corrected chi connectivity index (χ3v) is 2.57. The first-order valence-corrected chi connectivity index (χ1v) is 4.85. The molecule has 0 aliphatic carbocycles. The minimum Gasteiger partial charge on any atom is -0.399 e. The summed E-state index contributed by atoms with van der Waals surface area (Å²) in [7, 11) is 0. The molecule has 0 unspecified atom stereocenters. The van der Waals surface area contributed by atoms with Crippen LogP contribution in [-0.2, 0) is 0 Å². The van der Waals surface area contributed by atoms with Gasteiger partial charge in [0.2, 0.25) is 0 Å². The van der Waals surface area contributed by atoms with Gasteiger partial charge < -0.3 is 11.1 Å². The van der Waals surface area contributed by atoms with Crippen molar-refractivity contribution in [3.63, 3.8) is 0 Å². The number of benzene rings is 1. The lowest BCUT2D eigenvalue weighted by atomic mass is 9.94. The summed E-state index contributed by atoms with van der Waals surface area (Å²) in [4.78, 5) is 11.7. The molecule has 0 aromatic heterocycles. The van der Waals surface area contributed by atoms with Crippen LogP contribution in [0.25, 0.3) is 0 Å². The van der Waals surface area contributed by atoms with Crippen LogP contribution in [0.3, 0.4) is 0 Å². The number of hydrogen-bond donors (Lipinski definition) is 2. The van der Waals surface area contributed by atoms with Crippen LogP contribution in [0, 0.1) is 5.92 Å². The largest absolute Gasteiger partial charge is 0.399 e. The summed E-state index contributed by atoms with van der Waals surface area (Å²) in [6.45, 7) is 1.95. The second-order valence-corrected chi connectivity index (χ2v) is 3.77. The molecule has 0 atom stereocenters. The third kappa shape index (κ3) is 1.93. The molecule has 0 spiro atoms. The number of carbonyl (C=O) groups is 1. The highest BCUT2D eigenvalue weighted by Gasteiger charge is 2.20. The van der Waals surface area contributed by atoms with Crippen molar-refractivity contribution < 1.29 is 4.79 Å². The summed E-state index contributed by atoms with van der Waals surface area (Å²) < 4.78 is 0. The van der Waals surface area contributed by atoms with Crippen LogP contribution in [0.15, 0.2) is 24.3 Å². The Labute approximate surface area is 83.3 Å². The monoisotopic (exact) mass is 190 g/mol. The van der Waals surface area contributed by atoms with Crippen molar-refractivity contribution in [2.45, 2.75) is 6.42 Å². The van der Waals surface area contributed by atoms with Gasteiger partial charge in [0.05, 0.1) is 0 Å². The predicted octanol–water partition coefficient (Wildman–Crippen LogP) is 1.06. The molecule has 1 aliphatic rings. The van der Waals surface area contributed by atoms with Crippen molar-refractivity contribution in [1.29, 1.82) is 0 Å². The Morgan fingerprint density at radius 2 is 2.00 bits per heavy atom. The number of ketones is 1. The van der Waals surface area contributed by atoms with Gasteiger partial charge in [-0.2, -0.15) is 0 Å². The van der Waals surface area contributed by atoms with E-state index in [1.807, 2.05) is 0 Å². The average Bonchev–Trinajstić information content (AvgIpc) is 2.12. The Bertz CT molecular complexity index is 328. The fraction of sp³-hybridized carbons (Fsp3) is 0.364. The molecule has 3 N–H and O–H groups in total. The van der Waals surface area contributed by atoms with Gasteiger partial charge in [-0.05, 0) is 43.3 Å². The lowest BCUT2D eigenvalue weighted by Crippen LogP contribution is -2.42. The topological polar surface area (TPSA) is 55.1 Å². The first kappa shape index (κ1) is 9.21. The molecule has 2 rings (SSSR count). The third-order valence-electron chi connectivity index (χ3n) is 2.57. The highest BCUT2D eigenvalue weighted by molar-refractivity contribution is 5.96. The van der Waals surface area contributed by atoms with Gasteiger partial charge in [0.1, 0.15) is 0 Å². The minimum absolute atomic E-state index is 0.219. The molecule has 1 aliphatic heterocycles. The van der Waals surface area contributed by atoms with E-state index in [1.54, 1.807) is 24.3 Å². The van der Waals surface area contributed by atoms with Crippen molar-refractivity contribution in [1.82, 2.24) is 5.32 Å². The van der Waals surface area contributed by atoms with E-state index in [1.165, 1.54) is 0 Å². The highest BCUT2D eigenvalue weighted by Crippen LogP contribution is 2.14. The van der Waals surface area contributed by atoms with Crippen LogP contribution >= 0.6 is 0 Å². The number of nitrogens with two attached hydrogens (primary N) is 1. The van der Waals surface area contributed by atoms with Crippen molar-refractivity contribution in [3.8, 4) is 0 Å². The van der Waals surface area contributed by atoms with Gasteiger partial charge in [0.25, 0.3) is 0 Å². The molecule has 1 aromatic carbocycles. The van der Waals surface area contributed by atoms with E-state index in [4.69, 9.17) is 5.73 Å². The number of anilines is 1. The Kier molecular flexibility index (Phi) is 2.50. The van der Waals surface area contributed by atoms with Crippen LogP contribution < -0.4 is 11.1 Å². The molecule has 1 heterocycles. The zero-order valence-corrected chi connectivity index (χ0v) is 7.99. The summed E-state index contributed by atoms with van der Waals surface area (Å²) in [6, 6.07) is 7.13. The summed E-state index contributed by atoms with van der Waals surface area (Å²) in [6.07, 6.45) is 0.650. The van der Waals surface area contributed by atoms with Crippen LogP contribution in [-0.4, -0.2) is 18.9 Å². The lowest BCUT2D eigenvalue weighted by molar-refractivity contribution is 0.0945. The fourth-order valence-electron chi connectivity index (χ4n) is 1.54. The first-order valence-electron chi connectivity index (χ1n) is 4.85. The van der Waals surface area contributed by atoms with Crippen molar-refractivity contribution >= 4 is 11.5 Å². The Morgan fingerprint density at radius 1 is 1.36 bits per heavy atom. The summed E-state index contributed by atoms with van der Waals surface area (Å²) in [5.74, 6) is 0.747. The summed E-state index contributed by atoms with van der Waals surface area (Å²) in [5, 5.41) is 3.15. The number of hydrogen-bond acceptors (Lipinski definition) is 3. The van der Waals surface area contributed by atoms with Crippen LogP contribution in [0.2, 0.25) is 0 Å². The number of nitrogens with one attached hydrogen (secondary N) is 1. The van der Waals surface area contributed by atoms with Crippen LogP contribution in [0.1, 0.15) is 16.8 Å². The van der Waals surface area contributed by atoms with E-state index in [0.717, 1.165) is 18.7 Å². The molecule has 0 radical (unpaired) electrons. The second-order valence-electron chi connectivity index (χ2n) is 3.77. The highest BCUT2D eigenvalue weighted by atomic mass is 16.1.